The number of H-pyrrole nitrogens is 1. The zero-order valence-corrected chi connectivity index (χ0v) is 9.20. The van der Waals surface area contributed by atoms with Gasteiger partial charge >= 0.3 is 0 Å². The lowest BCUT2D eigenvalue weighted by Crippen LogP contribution is -2.13. The highest BCUT2D eigenvalue weighted by Gasteiger charge is 2.01. The first kappa shape index (κ1) is 10.7. The Balaban J connectivity index is 1.92. The molecule has 4 nitrogen and oxygen atoms in total. The molecule has 0 saturated carbocycles. The van der Waals surface area contributed by atoms with Crippen LogP contribution in [0.2, 0.25) is 0 Å². The minimum Gasteiger partial charge on any atom is -0.508 e. The van der Waals surface area contributed by atoms with E-state index in [2.05, 4.69) is 15.5 Å². The van der Waals surface area contributed by atoms with Crippen LogP contribution in [0.3, 0.4) is 0 Å². The van der Waals surface area contributed by atoms with Crippen molar-refractivity contribution in [1.29, 1.82) is 0 Å². The fourth-order valence-corrected chi connectivity index (χ4v) is 1.57. The number of aromatic nitrogens is 2. The Morgan fingerprint density at radius 3 is 2.94 bits per heavy atom. The van der Waals surface area contributed by atoms with Crippen LogP contribution in [0.25, 0.3) is 0 Å². The third-order valence-corrected chi connectivity index (χ3v) is 2.42. The molecule has 0 atom stereocenters. The maximum Gasteiger partial charge on any atom is 0.120 e. The normalized spacial score (nSPS) is 10.6. The van der Waals surface area contributed by atoms with E-state index < -0.39 is 0 Å². The van der Waals surface area contributed by atoms with E-state index in [1.807, 2.05) is 25.1 Å². The lowest BCUT2D eigenvalue weighted by atomic mass is 10.1. The number of nitrogens with one attached hydrogen (secondary N) is 2. The summed E-state index contributed by atoms with van der Waals surface area (Å²) in [6.07, 6.45) is 1.72. The van der Waals surface area contributed by atoms with Gasteiger partial charge in [0.05, 0.1) is 0 Å². The van der Waals surface area contributed by atoms with Crippen LogP contribution in [-0.2, 0) is 13.1 Å². The Kier molecular flexibility index (Phi) is 3.22. The topological polar surface area (TPSA) is 60.9 Å². The zero-order valence-electron chi connectivity index (χ0n) is 9.20. The molecule has 0 spiro atoms. The number of nitrogens with zero attached hydrogens (tertiary/aromatic N) is 1. The summed E-state index contributed by atoms with van der Waals surface area (Å²) in [5.41, 5.74) is 3.10. The Hall–Kier alpha value is -1.81. The van der Waals surface area contributed by atoms with E-state index in [0.29, 0.717) is 18.8 Å². The maximum atomic E-state index is 9.63. The van der Waals surface area contributed by atoms with Gasteiger partial charge in [0.25, 0.3) is 0 Å². The van der Waals surface area contributed by atoms with Crippen molar-refractivity contribution in [2.75, 3.05) is 0 Å². The van der Waals surface area contributed by atoms with Crippen LogP contribution in [0.1, 0.15) is 16.8 Å². The van der Waals surface area contributed by atoms with Gasteiger partial charge in [-0.15, -0.1) is 0 Å². The molecular weight excluding hydrogens is 202 g/mol. The molecule has 0 aliphatic rings. The van der Waals surface area contributed by atoms with Crippen molar-refractivity contribution < 1.29 is 5.11 Å². The van der Waals surface area contributed by atoms with Gasteiger partial charge < -0.3 is 10.4 Å². The average Bonchev–Trinajstić information content (AvgIpc) is 2.76. The summed E-state index contributed by atoms with van der Waals surface area (Å²) in [6, 6.07) is 7.52. The standard InChI is InChI=1S/C12H15N3O/c1-9-2-3-12(16)10(6-9)7-13-8-11-4-5-14-15-11/h2-6,13,16H,7-8H2,1H3,(H,14,15). The molecule has 2 rings (SSSR count). The molecule has 4 heteroatoms. The minimum atomic E-state index is 0.336. The van der Waals surface area contributed by atoms with Crippen LogP contribution >= 0.6 is 0 Å². The lowest BCUT2D eigenvalue weighted by Gasteiger charge is -2.06. The number of aromatic amines is 1. The highest BCUT2D eigenvalue weighted by atomic mass is 16.3. The van der Waals surface area contributed by atoms with Crippen LogP contribution in [-0.4, -0.2) is 15.3 Å². The van der Waals surface area contributed by atoms with Crippen molar-refractivity contribution in [3.63, 3.8) is 0 Å². The molecule has 3 N–H and O–H groups in total. The van der Waals surface area contributed by atoms with E-state index in [1.165, 1.54) is 0 Å². The van der Waals surface area contributed by atoms with E-state index in [0.717, 1.165) is 16.8 Å². The predicted molar refractivity (Wildman–Crippen MR) is 62.0 cm³/mol. The van der Waals surface area contributed by atoms with Crippen LogP contribution < -0.4 is 5.32 Å². The quantitative estimate of drug-likeness (QED) is 0.730. The van der Waals surface area contributed by atoms with Gasteiger partial charge in [-0.2, -0.15) is 5.10 Å². The van der Waals surface area contributed by atoms with E-state index in [-0.39, 0.29) is 0 Å². The van der Waals surface area contributed by atoms with Crippen molar-refractivity contribution >= 4 is 0 Å². The number of rotatable bonds is 4. The molecule has 1 aromatic carbocycles. The highest BCUT2D eigenvalue weighted by Crippen LogP contribution is 2.17. The number of benzene rings is 1. The Morgan fingerprint density at radius 1 is 1.31 bits per heavy atom. The Morgan fingerprint density at radius 2 is 2.19 bits per heavy atom. The van der Waals surface area contributed by atoms with Gasteiger partial charge in [0, 0.05) is 30.5 Å². The van der Waals surface area contributed by atoms with Crippen molar-refractivity contribution in [3.8, 4) is 5.75 Å². The molecule has 0 fully saturated rings. The van der Waals surface area contributed by atoms with Gasteiger partial charge in [-0.05, 0) is 19.1 Å². The summed E-state index contributed by atoms with van der Waals surface area (Å²) in [5, 5.41) is 19.6. The molecule has 2 aromatic rings. The summed E-state index contributed by atoms with van der Waals surface area (Å²) >= 11 is 0. The van der Waals surface area contributed by atoms with Gasteiger partial charge in [-0.25, -0.2) is 0 Å². The van der Waals surface area contributed by atoms with Gasteiger partial charge in [0.1, 0.15) is 5.75 Å². The molecule has 1 heterocycles. The van der Waals surface area contributed by atoms with Crippen molar-refractivity contribution in [2.45, 2.75) is 20.0 Å². The summed E-state index contributed by atoms with van der Waals surface area (Å²) in [7, 11) is 0. The fraction of sp³-hybridized carbons (Fsp3) is 0.250. The summed E-state index contributed by atoms with van der Waals surface area (Å²) in [5.74, 6) is 0.336. The smallest absolute Gasteiger partial charge is 0.120 e. The minimum absolute atomic E-state index is 0.336. The summed E-state index contributed by atoms with van der Waals surface area (Å²) in [6.45, 7) is 3.37. The Labute approximate surface area is 94.3 Å². The monoisotopic (exact) mass is 217 g/mol. The average molecular weight is 217 g/mol. The molecule has 0 unspecified atom stereocenters. The predicted octanol–water partition coefficient (Wildman–Crippen LogP) is 1.71. The Bertz CT molecular complexity index is 451. The number of aromatic hydroxyl groups is 1. The molecule has 84 valence electrons. The first-order valence-electron chi connectivity index (χ1n) is 5.23. The van der Waals surface area contributed by atoms with Crippen LogP contribution in [0.5, 0.6) is 5.75 Å². The second-order valence-electron chi connectivity index (χ2n) is 3.82. The van der Waals surface area contributed by atoms with Crippen molar-refractivity contribution in [2.24, 2.45) is 0 Å². The number of phenols is 1. The second-order valence-corrected chi connectivity index (χ2v) is 3.82. The first-order chi connectivity index (χ1) is 7.75. The van der Waals surface area contributed by atoms with Crippen LogP contribution in [0.15, 0.2) is 30.5 Å². The van der Waals surface area contributed by atoms with Crippen LogP contribution in [0.4, 0.5) is 0 Å². The second kappa shape index (κ2) is 4.81. The molecule has 0 bridgehead atoms. The SMILES string of the molecule is Cc1ccc(O)c(CNCc2ccn[nH]2)c1. The number of hydrogen-bond donors (Lipinski definition) is 3. The zero-order chi connectivity index (χ0) is 11.4. The molecular formula is C12H15N3O. The van der Waals surface area contributed by atoms with E-state index in [9.17, 15) is 5.11 Å². The lowest BCUT2D eigenvalue weighted by molar-refractivity contribution is 0.464. The van der Waals surface area contributed by atoms with E-state index in [4.69, 9.17) is 0 Å². The molecule has 0 saturated heterocycles. The van der Waals surface area contributed by atoms with Gasteiger partial charge in [-0.3, -0.25) is 5.10 Å². The van der Waals surface area contributed by atoms with Gasteiger partial charge in [-0.1, -0.05) is 17.7 Å². The summed E-state index contributed by atoms with van der Waals surface area (Å²) < 4.78 is 0. The van der Waals surface area contributed by atoms with Crippen LogP contribution in [0, 0.1) is 6.92 Å². The van der Waals surface area contributed by atoms with Crippen molar-refractivity contribution in [1.82, 2.24) is 15.5 Å². The first-order valence-corrected chi connectivity index (χ1v) is 5.23. The molecule has 0 radical (unpaired) electrons. The number of aryl methyl sites for hydroxylation is 1. The molecule has 0 aliphatic carbocycles. The highest BCUT2D eigenvalue weighted by molar-refractivity contribution is 5.35. The molecule has 0 amide bonds. The third kappa shape index (κ3) is 2.61. The molecule has 16 heavy (non-hydrogen) atoms. The van der Waals surface area contributed by atoms with Gasteiger partial charge in [0.15, 0.2) is 0 Å². The third-order valence-electron chi connectivity index (χ3n) is 2.42. The summed E-state index contributed by atoms with van der Waals surface area (Å²) in [4.78, 5) is 0. The number of hydrogen-bond acceptors (Lipinski definition) is 3. The molecule has 1 aromatic heterocycles. The molecule has 0 aliphatic heterocycles. The van der Waals surface area contributed by atoms with Crippen molar-refractivity contribution in [3.05, 3.63) is 47.3 Å². The fourth-order valence-electron chi connectivity index (χ4n) is 1.57. The van der Waals surface area contributed by atoms with E-state index in [1.54, 1.807) is 12.3 Å². The largest absolute Gasteiger partial charge is 0.508 e. The number of phenolic OH excluding ortho intramolecular Hbond substituents is 1. The van der Waals surface area contributed by atoms with Gasteiger partial charge in [0.2, 0.25) is 0 Å². The maximum absolute atomic E-state index is 9.63. The van der Waals surface area contributed by atoms with E-state index >= 15 is 0 Å².